The molecule has 2 heterocycles. The molecule has 4 nitrogen and oxygen atoms in total. The minimum Gasteiger partial charge on any atom is -0.361 e. The van der Waals surface area contributed by atoms with E-state index in [4.69, 9.17) is 0 Å². The molecule has 1 atom stereocenters. The molecule has 0 radical (unpaired) electrons. The van der Waals surface area contributed by atoms with Gasteiger partial charge in [-0.3, -0.25) is 0 Å². The maximum Gasteiger partial charge on any atom is 0.317 e. The quantitative estimate of drug-likeness (QED) is 0.825. The fraction of sp³-hybridized carbons (Fsp3) is 0.526. The van der Waals surface area contributed by atoms with Gasteiger partial charge in [0.2, 0.25) is 0 Å². The van der Waals surface area contributed by atoms with Crippen LogP contribution in [-0.4, -0.2) is 35.5 Å². The zero-order chi connectivity index (χ0) is 16.1. The molecule has 1 aromatic heterocycles. The van der Waals surface area contributed by atoms with Crippen molar-refractivity contribution in [1.29, 1.82) is 0 Å². The number of para-hydroxylation sites is 1. The van der Waals surface area contributed by atoms with E-state index in [2.05, 4.69) is 41.6 Å². The number of fused-ring (bicyclic) bond motifs is 1. The van der Waals surface area contributed by atoms with Crippen LogP contribution in [0.5, 0.6) is 0 Å². The molecule has 1 fully saturated rings. The van der Waals surface area contributed by atoms with Gasteiger partial charge in [0.15, 0.2) is 0 Å². The van der Waals surface area contributed by atoms with E-state index in [1.165, 1.54) is 22.9 Å². The zero-order valence-corrected chi connectivity index (χ0v) is 14.0. The van der Waals surface area contributed by atoms with Gasteiger partial charge in [-0.2, -0.15) is 0 Å². The first-order valence-corrected chi connectivity index (χ1v) is 8.82. The predicted molar refractivity (Wildman–Crippen MR) is 94.6 cm³/mol. The second kappa shape index (κ2) is 7.53. The molecule has 1 unspecified atom stereocenters. The van der Waals surface area contributed by atoms with E-state index in [0.717, 1.165) is 51.2 Å². The number of nitrogens with zero attached hydrogens (tertiary/aromatic N) is 1. The number of carbonyl (C=O) groups is 1. The number of carbonyl (C=O) groups excluding carboxylic acids is 1. The topological polar surface area (TPSA) is 48.1 Å². The first-order valence-electron chi connectivity index (χ1n) is 8.82. The SMILES string of the molecule is CC1CCCN(C(=O)NCCCc2c[nH]c3ccccc23)CC1. The van der Waals surface area contributed by atoms with Gasteiger partial charge in [-0.05, 0) is 49.7 Å². The van der Waals surface area contributed by atoms with Gasteiger partial charge in [0.25, 0.3) is 0 Å². The standard InChI is InChI=1S/C19H27N3O/c1-15-6-5-12-22(13-10-15)19(23)20-11-4-7-16-14-21-18-9-3-2-8-17(16)18/h2-3,8-9,14-15,21H,4-7,10-13H2,1H3,(H,20,23). The Hall–Kier alpha value is -1.97. The highest BCUT2D eigenvalue weighted by Gasteiger charge is 2.17. The Labute approximate surface area is 138 Å². The van der Waals surface area contributed by atoms with E-state index >= 15 is 0 Å². The molecule has 1 aromatic carbocycles. The molecule has 2 amide bonds. The summed E-state index contributed by atoms with van der Waals surface area (Å²) in [5, 5.41) is 4.37. The molecule has 4 heteroatoms. The maximum absolute atomic E-state index is 12.2. The number of hydrogen-bond donors (Lipinski definition) is 2. The first-order chi connectivity index (χ1) is 11.2. The summed E-state index contributed by atoms with van der Waals surface area (Å²) >= 11 is 0. The van der Waals surface area contributed by atoms with Crippen molar-refractivity contribution in [2.24, 2.45) is 5.92 Å². The normalized spacial score (nSPS) is 18.8. The van der Waals surface area contributed by atoms with Crippen molar-refractivity contribution >= 4 is 16.9 Å². The first kappa shape index (κ1) is 15.9. The van der Waals surface area contributed by atoms with E-state index in [1.807, 2.05) is 11.0 Å². The lowest BCUT2D eigenvalue weighted by Crippen LogP contribution is -2.41. The number of aromatic nitrogens is 1. The Morgan fingerprint density at radius 3 is 3.09 bits per heavy atom. The van der Waals surface area contributed by atoms with Crippen LogP contribution in [0.2, 0.25) is 0 Å². The van der Waals surface area contributed by atoms with Crippen molar-refractivity contribution in [3.8, 4) is 0 Å². The predicted octanol–water partition coefficient (Wildman–Crippen LogP) is 3.93. The van der Waals surface area contributed by atoms with Crippen LogP contribution in [0.15, 0.2) is 30.5 Å². The van der Waals surface area contributed by atoms with Gasteiger partial charge < -0.3 is 15.2 Å². The summed E-state index contributed by atoms with van der Waals surface area (Å²) in [6.45, 7) is 4.82. The van der Waals surface area contributed by atoms with E-state index in [9.17, 15) is 4.79 Å². The number of H-pyrrole nitrogens is 1. The minimum absolute atomic E-state index is 0.109. The highest BCUT2D eigenvalue weighted by atomic mass is 16.2. The Morgan fingerprint density at radius 1 is 1.30 bits per heavy atom. The van der Waals surface area contributed by atoms with Gasteiger partial charge in [0, 0.05) is 36.7 Å². The molecular formula is C19H27N3O. The second-order valence-electron chi connectivity index (χ2n) is 6.72. The van der Waals surface area contributed by atoms with Gasteiger partial charge in [0.05, 0.1) is 0 Å². The summed E-state index contributed by atoms with van der Waals surface area (Å²) in [4.78, 5) is 17.5. The third-order valence-electron chi connectivity index (χ3n) is 4.88. The van der Waals surface area contributed by atoms with E-state index in [0.29, 0.717) is 0 Å². The Balaban J connectivity index is 1.43. The van der Waals surface area contributed by atoms with Crippen LogP contribution >= 0.6 is 0 Å². The van der Waals surface area contributed by atoms with E-state index < -0.39 is 0 Å². The highest BCUT2D eigenvalue weighted by Crippen LogP contribution is 2.19. The van der Waals surface area contributed by atoms with Crippen LogP contribution in [0.1, 0.15) is 38.2 Å². The Morgan fingerprint density at radius 2 is 2.17 bits per heavy atom. The average molecular weight is 313 g/mol. The molecule has 1 saturated heterocycles. The molecule has 0 aliphatic carbocycles. The molecule has 0 bridgehead atoms. The molecule has 1 aliphatic rings. The number of likely N-dealkylation sites (tertiary alicyclic amines) is 1. The lowest BCUT2D eigenvalue weighted by molar-refractivity contribution is 0.199. The largest absolute Gasteiger partial charge is 0.361 e. The van der Waals surface area contributed by atoms with E-state index in [-0.39, 0.29) is 6.03 Å². The lowest BCUT2D eigenvalue weighted by atomic mass is 10.0. The lowest BCUT2D eigenvalue weighted by Gasteiger charge is -2.21. The summed E-state index contributed by atoms with van der Waals surface area (Å²) < 4.78 is 0. The molecule has 2 N–H and O–H groups in total. The Kier molecular flexibility index (Phi) is 5.21. The monoisotopic (exact) mass is 313 g/mol. The molecule has 0 spiro atoms. The van der Waals surface area contributed by atoms with Crippen molar-refractivity contribution in [2.45, 2.75) is 39.0 Å². The van der Waals surface area contributed by atoms with Gasteiger partial charge in [0.1, 0.15) is 0 Å². The van der Waals surface area contributed by atoms with Crippen LogP contribution in [0.3, 0.4) is 0 Å². The van der Waals surface area contributed by atoms with Crippen molar-refractivity contribution in [2.75, 3.05) is 19.6 Å². The zero-order valence-electron chi connectivity index (χ0n) is 14.0. The summed E-state index contributed by atoms with van der Waals surface area (Å²) in [7, 11) is 0. The van der Waals surface area contributed by atoms with Gasteiger partial charge >= 0.3 is 6.03 Å². The van der Waals surface area contributed by atoms with Crippen LogP contribution in [0.4, 0.5) is 4.79 Å². The van der Waals surface area contributed by atoms with Crippen molar-refractivity contribution in [1.82, 2.24) is 15.2 Å². The van der Waals surface area contributed by atoms with Crippen LogP contribution in [0.25, 0.3) is 10.9 Å². The number of urea groups is 1. The van der Waals surface area contributed by atoms with Crippen molar-refractivity contribution < 1.29 is 4.79 Å². The van der Waals surface area contributed by atoms with E-state index in [1.54, 1.807) is 0 Å². The summed E-state index contributed by atoms with van der Waals surface area (Å²) in [5.74, 6) is 0.745. The maximum atomic E-state index is 12.2. The molecule has 2 aromatic rings. The summed E-state index contributed by atoms with van der Waals surface area (Å²) in [6.07, 6.45) is 7.54. The molecule has 0 saturated carbocycles. The number of benzene rings is 1. The van der Waals surface area contributed by atoms with Crippen molar-refractivity contribution in [3.05, 3.63) is 36.0 Å². The summed E-state index contributed by atoms with van der Waals surface area (Å²) in [6, 6.07) is 8.48. The number of aryl methyl sites for hydroxylation is 1. The fourth-order valence-electron chi connectivity index (χ4n) is 3.39. The molecular weight excluding hydrogens is 286 g/mol. The Bertz CT molecular complexity index is 649. The summed E-state index contributed by atoms with van der Waals surface area (Å²) in [5.41, 5.74) is 2.52. The fourth-order valence-corrected chi connectivity index (χ4v) is 3.39. The average Bonchev–Trinajstić information content (AvgIpc) is 2.84. The number of hydrogen-bond acceptors (Lipinski definition) is 1. The van der Waals surface area contributed by atoms with Gasteiger partial charge in [-0.25, -0.2) is 4.79 Å². The number of aromatic amines is 1. The minimum atomic E-state index is 0.109. The molecule has 23 heavy (non-hydrogen) atoms. The van der Waals surface area contributed by atoms with Crippen LogP contribution < -0.4 is 5.32 Å². The third kappa shape index (κ3) is 4.06. The van der Waals surface area contributed by atoms with Gasteiger partial charge in [-0.15, -0.1) is 0 Å². The van der Waals surface area contributed by atoms with Gasteiger partial charge in [-0.1, -0.05) is 25.1 Å². The molecule has 1 aliphatic heterocycles. The third-order valence-corrected chi connectivity index (χ3v) is 4.88. The number of rotatable bonds is 4. The molecule has 124 valence electrons. The van der Waals surface area contributed by atoms with Crippen molar-refractivity contribution in [3.63, 3.8) is 0 Å². The number of amides is 2. The highest BCUT2D eigenvalue weighted by molar-refractivity contribution is 5.83. The van der Waals surface area contributed by atoms with Crippen LogP contribution in [0, 0.1) is 5.92 Å². The van der Waals surface area contributed by atoms with Crippen LogP contribution in [-0.2, 0) is 6.42 Å². The second-order valence-corrected chi connectivity index (χ2v) is 6.72. The number of nitrogens with one attached hydrogen (secondary N) is 2. The smallest absolute Gasteiger partial charge is 0.317 e. The molecule has 3 rings (SSSR count).